The van der Waals surface area contributed by atoms with E-state index in [1.165, 1.54) is 44.9 Å². The molecule has 0 aliphatic heterocycles. The average Bonchev–Trinajstić information content (AvgIpc) is 2.96. The quantitative estimate of drug-likeness (QED) is 0.548. The molecule has 96 valence electrons. The summed E-state index contributed by atoms with van der Waals surface area (Å²) in [5, 5.41) is 6.32. The first-order valence-electron chi connectivity index (χ1n) is 7.02. The number of amides is 1. The van der Waals surface area contributed by atoms with Crippen LogP contribution in [0.2, 0.25) is 0 Å². The summed E-state index contributed by atoms with van der Waals surface area (Å²) in [4.78, 5) is 11.6. The molecule has 2 aliphatic carbocycles. The van der Waals surface area contributed by atoms with E-state index >= 15 is 0 Å². The van der Waals surface area contributed by atoms with Crippen LogP contribution in [-0.2, 0) is 4.79 Å². The van der Waals surface area contributed by atoms with Crippen molar-refractivity contribution in [2.45, 2.75) is 57.4 Å². The van der Waals surface area contributed by atoms with Crippen molar-refractivity contribution in [2.24, 2.45) is 0 Å². The van der Waals surface area contributed by atoms with Crippen molar-refractivity contribution < 1.29 is 4.79 Å². The van der Waals surface area contributed by atoms with Gasteiger partial charge in [-0.25, -0.2) is 0 Å². The van der Waals surface area contributed by atoms with Crippen molar-refractivity contribution >= 4 is 5.91 Å². The third kappa shape index (κ3) is 4.50. The summed E-state index contributed by atoms with van der Waals surface area (Å²) in [6, 6.07) is 0.446. The zero-order chi connectivity index (χ0) is 11.9. The second-order valence-electron chi connectivity index (χ2n) is 5.23. The molecular formula is C14H24N2O. The van der Waals surface area contributed by atoms with E-state index in [4.69, 9.17) is 0 Å². The van der Waals surface area contributed by atoms with Gasteiger partial charge in [0, 0.05) is 6.04 Å². The van der Waals surface area contributed by atoms with E-state index in [1.54, 1.807) is 5.57 Å². The fourth-order valence-corrected chi connectivity index (χ4v) is 2.76. The summed E-state index contributed by atoms with van der Waals surface area (Å²) in [6.07, 6.45) is 12.2. The highest BCUT2D eigenvalue weighted by molar-refractivity contribution is 5.78. The highest BCUT2D eigenvalue weighted by Crippen LogP contribution is 2.19. The zero-order valence-electron chi connectivity index (χ0n) is 10.6. The van der Waals surface area contributed by atoms with Crippen LogP contribution in [0.25, 0.3) is 0 Å². The minimum absolute atomic E-state index is 0.164. The monoisotopic (exact) mass is 236 g/mol. The molecule has 2 aliphatic rings. The van der Waals surface area contributed by atoms with Crippen LogP contribution in [0.3, 0.4) is 0 Å². The van der Waals surface area contributed by atoms with Crippen LogP contribution < -0.4 is 10.6 Å². The molecule has 0 unspecified atom stereocenters. The molecule has 3 nitrogen and oxygen atoms in total. The zero-order valence-corrected chi connectivity index (χ0v) is 10.6. The number of hydrogen-bond acceptors (Lipinski definition) is 2. The van der Waals surface area contributed by atoms with Crippen LogP contribution in [0.1, 0.15) is 51.4 Å². The van der Waals surface area contributed by atoms with Crippen molar-refractivity contribution in [3.8, 4) is 0 Å². The lowest BCUT2D eigenvalue weighted by Crippen LogP contribution is -2.39. The molecule has 1 saturated carbocycles. The Morgan fingerprint density at radius 2 is 2.12 bits per heavy atom. The Labute approximate surface area is 104 Å². The molecule has 2 rings (SSSR count). The topological polar surface area (TPSA) is 41.1 Å². The molecule has 0 aromatic carbocycles. The Morgan fingerprint density at radius 3 is 2.82 bits per heavy atom. The Balaban J connectivity index is 1.50. The fraction of sp³-hybridized carbons (Fsp3) is 0.786. The van der Waals surface area contributed by atoms with Crippen molar-refractivity contribution in [1.82, 2.24) is 10.6 Å². The molecule has 0 atom stereocenters. The number of allylic oxidation sites excluding steroid dienone is 1. The summed E-state index contributed by atoms with van der Waals surface area (Å²) in [6.45, 7) is 1.41. The Morgan fingerprint density at radius 1 is 1.29 bits per heavy atom. The largest absolute Gasteiger partial charge is 0.352 e. The van der Waals surface area contributed by atoms with Crippen LogP contribution in [0.15, 0.2) is 11.6 Å². The molecule has 1 amide bonds. The van der Waals surface area contributed by atoms with Gasteiger partial charge in [0.25, 0.3) is 0 Å². The van der Waals surface area contributed by atoms with Crippen molar-refractivity contribution in [1.29, 1.82) is 0 Å². The summed E-state index contributed by atoms with van der Waals surface area (Å²) in [5.41, 5.74) is 1.56. The lowest BCUT2D eigenvalue weighted by molar-refractivity contribution is -0.120. The maximum Gasteiger partial charge on any atom is 0.234 e. The summed E-state index contributed by atoms with van der Waals surface area (Å²) < 4.78 is 0. The van der Waals surface area contributed by atoms with Gasteiger partial charge in [-0.15, -0.1) is 0 Å². The Kier molecular flexibility index (Phi) is 5.05. The van der Waals surface area contributed by atoms with Gasteiger partial charge in [-0.1, -0.05) is 24.5 Å². The van der Waals surface area contributed by atoms with Crippen molar-refractivity contribution in [3.05, 3.63) is 11.6 Å². The first kappa shape index (κ1) is 12.6. The van der Waals surface area contributed by atoms with Crippen LogP contribution in [0.5, 0.6) is 0 Å². The second-order valence-corrected chi connectivity index (χ2v) is 5.23. The molecule has 0 saturated heterocycles. The molecule has 17 heavy (non-hydrogen) atoms. The van der Waals surface area contributed by atoms with Crippen LogP contribution >= 0.6 is 0 Å². The first-order valence-corrected chi connectivity index (χ1v) is 7.02. The SMILES string of the molecule is O=C(CNCCC1=CCCC1)NC1CCCC1. The van der Waals surface area contributed by atoms with Gasteiger partial charge in [0.2, 0.25) is 5.91 Å². The van der Waals surface area contributed by atoms with E-state index in [9.17, 15) is 4.79 Å². The molecule has 2 N–H and O–H groups in total. The highest BCUT2D eigenvalue weighted by atomic mass is 16.1. The van der Waals surface area contributed by atoms with E-state index < -0.39 is 0 Å². The van der Waals surface area contributed by atoms with Gasteiger partial charge in [0.1, 0.15) is 0 Å². The first-order chi connectivity index (χ1) is 8.34. The summed E-state index contributed by atoms with van der Waals surface area (Å²) in [7, 11) is 0. The maximum atomic E-state index is 11.6. The Bertz CT molecular complexity index is 280. The fourth-order valence-electron chi connectivity index (χ4n) is 2.76. The molecular weight excluding hydrogens is 212 g/mol. The van der Waals surface area contributed by atoms with E-state index in [0.29, 0.717) is 12.6 Å². The number of rotatable bonds is 6. The lowest BCUT2D eigenvalue weighted by atomic mass is 10.2. The number of carbonyl (C=O) groups is 1. The summed E-state index contributed by atoms with van der Waals surface area (Å²) >= 11 is 0. The van der Waals surface area contributed by atoms with E-state index in [2.05, 4.69) is 16.7 Å². The van der Waals surface area contributed by atoms with Gasteiger partial charge in [0.15, 0.2) is 0 Å². The van der Waals surface area contributed by atoms with Crippen molar-refractivity contribution in [3.63, 3.8) is 0 Å². The predicted octanol–water partition coefficient (Wildman–Crippen LogP) is 2.14. The molecule has 0 aromatic heterocycles. The third-order valence-corrected chi connectivity index (χ3v) is 3.76. The van der Waals surface area contributed by atoms with Gasteiger partial charge in [0.05, 0.1) is 6.54 Å². The minimum atomic E-state index is 0.164. The number of nitrogens with one attached hydrogen (secondary N) is 2. The van der Waals surface area contributed by atoms with Crippen molar-refractivity contribution in [2.75, 3.05) is 13.1 Å². The predicted molar refractivity (Wildman–Crippen MR) is 69.8 cm³/mol. The maximum absolute atomic E-state index is 11.6. The van der Waals surface area contributed by atoms with Gasteiger partial charge >= 0.3 is 0 Å². The molecule has 1 fully saturated rings. The van der Waals surface area contributed by atoms with Gasteiger partial charge < -0.3 is 10.6 Å². The molecule has 3 heteroatoms. The second kappa shape index (κ2) is 6.80. The van der Waals surface area contributed by atoms with Crippen LogP contribution in [0, 0.1) is 0 Å². The van der Waals surface area contributed by atoms with Crippen LogP contribution in [0.4, 0.5) is 0 Å². The minimum Gasteiger partial charge on any atom is -0.352 e. The third-order valence-electron chi connectivity index (χ3n) is 3.76. The molecule has 0 radical (unpaired) electrons. The smallest absolute Gasteiger partial charge is 0.234 e. The normalized spacial score (nSPS) is 20.6. The molecule has 0 spiro atoms. The van der Waals surface area contributed by atoms with E-state index in [0.717, 1.165) is 13.0 Å². The number of carbonyl (C=O) groups excluding carboxylic acids is 1. The van der Waals surface area contributed by atoms with Gasteiger partial charge in [-0.3, -0.25) is 4.79 Å². The average molecular weight is 236 g/mol. The lowest BCUT2D eigenvalue weighted by Gasteiger charge is -2.12. The summed E-state index contributed by atoms with van der Waals surface area (Å²) in [5.74, 6) is 0.164. The molecule has 0 heterocycles. The molecule has 0 aromatic rings. The highest BCUT2D eigenvalue weighted by Gasteiger charge is 2.16. The van der Waals surface area contributed by atoms with Gasteiger partial charge in [-0.05, 0) is 45.1 Å². The number of hydrogen-bond donors (Lipinski definition) is 2. The van der Waals surface area contributed by atoms with E-state index in [-0.39, 0.29) is 5.91 Å². The van der Waals surface area contributed by atoms with Crippen LogP contribution in [-0.4, -0.2) is 25.0 Å². The van der Waals surface area contributed by atoms with E-state index in [1.807, 2.05) is 0 Å². The standard InChI is InChI=1S/C14H24N2O/c17-14(16-13-7-3-4-8-13)11-15-10-9-12-5-1-2-6-12/h5,13,15H,1-4,6-11H2,(H,16,17). The molecule has 0 bridgehead atoms. The van der Waals surface area contributed by atoms with Gasteiger partial charge in [-0.2, -0.15) is 0 Å². The Hall–Kier alpha value is -0.830.